The van der Waals surface area contributed by atoms with E-state index in [2.05, 4.69) is 36.5 Å². The molecule has 0 aliphatic rings. The van der Waals surface area contributed by atoms with Gasteiger partial charge in [0.25, 0.3) is 0 Å². The van der Waals surface area contributed by atoms with Gasteiger partial charge in [-0.15, -0.1) is 0 Å². The van der Waals surface area contributed by atoms with Crippen molar-refractivity contribution in [2.75, 3.05) is 11.9 Å². The maximum absolute atomic E-state index is 11.6. The predicted octanol–water partition coefficient (Wildman–Crippen LogP) is 2.17. The molecule has 0 aromatic heterocycles. The fraction of sp³-hybridized carbons (Fsp3) is 0.235. The standard InChI is InChI=1S/C17H20N2O2/c1-2-12-3-5-13(6-4-12)14-7-9-15(10-8-14)19-17(21)16(18)11-20/h3-10,16,20H,2,11,18H2,1H3,(H,19,21). The average Bonchev–Trinajstić information content (AvgIpc) is 2.55. The Morgan fingerprint density at radius 2 is 1.62 bits per heavy atom. The van der Waals surface area contributed by atoms with Crippen LogP contribution in [0.4, 0.5) is 5.69 Å². The van der Waals surface area contributed by atoms with Crippen molar-refractivity contribution in [3.63, 3.8) is 0 Å². The summed E-state index contributed by atoms with van der Waals surface area (Å²) in [6.07, 6.45) is 1.02. The molecule has 1 atom stereocenters. The van der Waals surface area contributed by atoms with Gasteiger partial charge in [0.1, 0.15) is 6.04 Å². The minimum Gasteiger partial charge on any atom is -0.394 e. The van der Waals surface area contributed by atoms with Crippen molar-refractivity contribution < 1.29 is 9.90 Å². The normalized spacial score (nSPS) is 12.0. The molecule has 2 aromatic carbocycles. The van der Waals surface area contributed by atoms with Crippen LogP contribution in [0.5, 0.6) is 0 Å². The highest BCUT2D eigenvalue weighted by atomic mass is 16.3. The third kappa shape index (κ3) is 3.90. The van der Waals surface area contributed by atoms with Crippen LogP contribution in [-0.4, -0.2) is 23.7 Å². The van der Waals surface area contributed by atoms with Crippen LogP contribution in [0.3, 0.4) is 0 Å². The van der Waals surface area contributed by atoms with E-state index in [9.17, 15) is 4.79 Å². The van der Waals surface area contributed by atoms with Gasteiger partial charge in [-0.05, 0) is 35.2 Å². The van der Waals surface area contributed by atoms with Gasteiger partial charge < -0.3 is 16.2 Å². The first-order chi connectivity index (χ1) is 10.1. The largest absolute Gasteiger partial charge is 0.394 e. The minimum atomic E-state index is -0.897. The Balaban J connectivity index is 2.09. The van der Waals surface area contributed by atoms with Gasteiger partial charge in [0.2, 0.25) is 5.91 Å². The summed E-state index contributed by atoms with van der Waals surface area (Å²) in [5.74, 6) is -0.391. The molecule has 0 spiro atoms. The maximum Gasteiger partial charge on any atom is 0.243 e. The zero-order chi connectivity index (χ0) is 15.2. The summed E-state index contributed by atoms with van der Waals surface area (Å²) in [5, 5.41) is 11.5. The second-order valence-corrected chi connectivity index (χ2v) is 4.91. The van der Waals surface area contributed by atoms with Gasteiger partial charge in [0.05, 0.1) is 6.61 Å². The average molecular weight is 284 g/mol. The van der Waals surface area contributed by atoms with Crippen LogP contribution in [0.1, 0.15) is 12.5 Å². The second-order valence-electron chi connectivity index (χ2n) is 4.91. The highest BCUT2D eigenvalue weighted by Crippen LogP contribution is 2.22. The molecule has 0 bridgehead atoms. The Labute approximate surface area is 124 Å². The first-order valence-electron chi connectivity index (χ1n) is 7.00. The number of nitrogens with one attached hydrogen (secondary N) is 1. The summed E-state index contributed by atoms with van der Waals surface area (Å²) >= 11 is 0. The Kier molecular flexibility index (Phi) is 5.09. The highest BCUT2D eigenvalue weighted by Gasteiger charge is 2.11. The van der Waals surface area contributed by atoms with Gasteiger partial charge in [-0.25, -0.2) is 0 Å². The number of amides is 1. The third-order valence-electron chi connectivity index (χ3n) is 3.38. The molecular formula is C17H20N2O2. The molecule has 0 aliphatic heterocycles. The summed E-state index contributed by atoms with van der Waals surface area (Å²) in [4.78, 5) is 11.6. The summed E-state index contributed by atoms with van der Waals surface area (Å²) in [7, 11) is 0. The first kappa shape index (κ1) is 15.2. The van der Waals surface area contributed by atoms with E-state index in [0.717, 1.165) is 17.5 Å². The number of aliphatic hydroxyl groups is 1. The lowest BCUT2D eigenvalue weighted by Gasteiger charge is -2.10. The zero-order valence-corrected chi connectivity index (χ0v) is 12.0. The lowest BCUT2D eigenvalue weighted by atomic mass is 10.0. The SMILES string of the molecule is CCc1ccc(-c2ccc(NC(=O)C(N)CO)cc2)cc1. The molecule has 4 heteroatoms. The molecule has 0 saturated heterocycles. The summed E-state index contributed by atoms with van der Waals surface area (Å²) in [6, 6.07) is 15.1. The quantitative estimate of drug-likeness (QED) is 0.787. The smallest absolute Gasteiger partial charge is 0.243 e. The van der Waals surface area contributed by atoms with E-state index in [1.807, 2.05) is 24.3 Å². The van der Waals surface area contributed by atoms with E-state index >= 15 is 0 Å². The second kappa shape index (κ2) is 7.02. The molecule has 1 unspecified atom stereocenters. The number of aryl methyl sites for hydroxylation is 1. The van der Waals surface area contributed by atoms with E-state index in [1.54, 1.807) is 0 Å². The molecular weight excluding hydrogens is 264 g/mol. The van der Waals surface area contributed by atoms with Crippen LogP contribution in [0.2, 0.25) is 0 Å². The van der Waals surface area contributed by atoms with E-state index in [4.69, 9.17) is 10.8 Å². The minimum absolute atomic E-state index is 0.367. The molecule has 0 saturated carbocycles. The van der Waals surface area contributed by atoms with Gasteiger partial charge in [-0.2, -0.15) is 0 Å². The van der Waals surface area contributed by atoms with Crippen LogP contribution in [-0.2, 0) is 11.2 Å². The van der Waals surface area contributed by atoms with Gasteiger partial charge in [0.15, 0.2) is 0 Å². The maximum atomic E-state index is 11.6. The lowest BCUT2D eigenvalue weighted by molar-refractivity contribution is -0.118. The van der Waals surface area contributed by atoms with E-state index in [0.29, 0.717) is 5.69 Å². The van der Waals surface area contributed by atoms with Gasteiger partial charge in [-0.3, -0.25) is 4.79 Å². The Hall–Kier alpha value is -2.17. The molecule has 2 aromatic rings. The van der Waals surface area contributed by atoms with Gasteiger partial charge in [0, 0.05) is 5.69 Å². The fourth-order valence-electron chi connectivity index (χ4n) is 2.00. The molecule has 2 rings (SSSR count). The number of carbonyl (C=O) groups excluding carboxylic acids is 1. The number of benzene rings is 2. The monoisotopic (exact) mass is 284 g/mol. The molecule has 4 nitrogen and oxygen atoms in total. The highest BCUT2D eigenvalue weighted by molar-refractivity contribution is 5.94. The van der Waals surface area contributed by atoms with Crippen LogP contribution < -0.4 is 11.1 Å². The van der Waals surface area contributed by atoms with Crippen molar-refractivity contribution in [1.82, 2.24) is 0 Å². The molecule has 0 fully saturated rings. The van der Waals surface area contributed by atoms with E-state index < -0.39 is 11.9 Å². The summed E-state index contributed by atoms with van der Waals surface area (Å²) in [6.45, 7) is 1.76. The molecule has 110 valence electrons. The van der Waals surface area contributed by atoms with Crippen molar-refractivity contribution in [3.8, 4) is 11.1 Å². The third-order valence-corrected chi connectivity index (χ3v) is 3.38. The van der Waals surface area contributed by atoms with E-state index in [-0.39, 0.29) is 6.61 Å². The molecule has 4 N–H and O–H groups in total. The van der Waals surface area contributed by atoms with Crippen molar-refractivity contribution in [2.24, 2.45) is 5.73 Å². The van der Waals surface area contributed by atoms with E-state index in [1.165, 1.54) is 5.56 Å². The van der Waals surface area contributed by atoms with Crippen LogP contribution in [0, 0.1) is 0 Å². The number of hydrogen-bond donors (Lipinski definition) is 3. The Morgan fingerprint density at radius 1 is 1.10 bits per heavy atom. The lowest BCUT2D eigenvalue weighted by Crippen LogP contribution is -2.38. The van der Waals surface area contributed by atoms with Crippen molar-refractivity contribution in [3.05, 3.63) is 54.1 Å². The number of anilines is 1. The first-order valence-corrected chi connectivity index (χ1v) is 7.00. The topological polar surface area (TPSA) is 75.4 Å². The van der Waals surface area contributed by atoms with Crippen LogP contribution in [0.15, 0.2) is 48.5 Å². The molecule has 0 aliphatic carbocycles. The van der Waals surface area contributed by atoms with Gasteiger partial charge in [-0.1, -0.05) is 43.3 Å². The van der Waals surface area contributed by atoms with Crippen molar-refractivity contribution in [2.45, 2.75) is 19.4 Å². The predicted molar refractivity (Wildman–Crippen MR) is 84.9 cm³/mol. The molecule has 0 radical (unpaired) electrons. The molecule has 1 amide bonds. The van der Waals surface area contributed by atoms with Crippen LogP contribution in [0.25, 0.3) is 11.1 Å². The Morgan fingerprint density at radius 3 is 2.10 bits per heavy atom. The number of aliphatic hydroxyl groups excluding tert-OH is 1. The summed E-state index contributed by atoms with van der Waals surface area (Å²) in [5.41, 5.74) is 9.64. The number of rotatable bonds is 5. The van der Waals surface area contributed by atoms with Crippen molar-refractivity contribution in [1.29, 1.82) is 0 Å². The van der Waals surface area contributed by atoms with Crippen LogP contribution >= 0.6 is 0 Å². The number of hydrogen-bond acceptors (Lipinski definition) is 3. The number of carbonyl (C=O) groups is 1. The number of nitrogens with two attached hydrogens (primary N) is 1. The van der Waals surface area contributed by atoms with Crippen molar-refractivity contribution >= 4 is 11.6 Å². The van der Waals surface area contributed by atoms with Gasteiger partial charge >= 0.3 is 0 Å². The molecule has 21 heavy (non-hydrogen) atoms. The fourth-order valence-corrected chi connectivity index (χ4v) is 2.00. The molecule has 0 heterocycles. The summed E-state index contributed by atoms with van der Waals surface area (Å²) < 4.78 is 0. The zero-order valence-electron chi connectivity index (χ0n) is 12.0. The Bertz CT molecular complexity index is 591.